The molecule has 0 fully saturated rings. The van der Waals surface area contributed by atoms with E-state index in [9.17, 15) is 0 Å². The molecule has 192 valence electrons. The van der Waals surface area contributed by atoms with Crippen molar-refractivity contribution < 1.29 is 4.42 Å². The topological polar surface area (TPSA) is 64.7 Å². The molecule has 0 bridgehead atoms. The quantitative estimate of drug-likeness (QED) is 0.214. The van der Waals surface area contributed by atoms with Gasteiger partial charge >= 0.3 is 0 Å². The van der Waals surface area contributed by atoms with Crippen LogP contribution in [0, 0.1) is 0 Å². The van der Waals surface area contributed by atoms with E-state index in [1.165, 1.54) is 0 Å². The van der Waals surface area contributed by atoms with E-state index in [2.05, 4.69) is 47.4 Å². The van der Waals surface area contributed by atoms with E-state index in [1.54, 1.807) is 6.20 Å². The molecule has 0 aliphatic carbocycles. The number of para-hydroxylation sites is 1. The monoisotopic (exact) mass is 526 g/mol. The highest BCUT2D eigenvalue weighted by molar-refractivity contribution is 6.20. The molecule has 5 heteroatoms. The van der Waals surface area contributed by atoms with Crippen LogP contribution in [0.5, 0.6) is 0 Å². The van der Waals surface area contributed by atoms with Gasteiger partial charge < -0.3 is 4.42 Å². The first-order valence-corrected chi connectivity index (χ1v) is 13.5. The van der Waals surface area contributed by atoms with Gasteiger partial charge in [-0.05, 0) is 54.6 Å². The molecule has 0 unspecified atom stereocenters. The summed E-state index contributed by atoms with van der Waals surface area (Å²) < 4.78 is 6.22. The van der Waals surface area contributed by atoms with Crippen LogP contribution in [0.15, 0.2) is 138 Å². The highest BCUT2D eigenvalue weighted by Crippen LogP contribution is 2.38. The van der Waals surface area contributed by atoms with Crippen molar-refractivity contribution in [3.63, 3.8) is 0 Å². The smallest absolute Gasteiger partial charge is 0.227 e. The van der Waals surface area contributed by atoms with E-state index < -0.39 is 0 Å². The lowest BCUT2D eigenvalue weighted by Crippen LogP contribution is -1.92. The number of rotatable bonds is 4. The molecule has 0 spiro atoms. The maximum Gasteiger partial charge on any atom is 0.227 e. The van der Waals surface area contributed by atoms with Gasteiger partial charge in [0.2, 0.25) is 5.89 Å². The summed E-state index contributed by atoms with van der Waals surface area (Å²) >= 11 is 0. The summed E-state index contributed by atoms with van der Waals surface area (Å²) in [5.74, 6) is 0.612. The average Bonchev–Trinajstić information content (AvgIpc) is 3.50. The van der Waals surface area contributed by atoms with Gasteiger partial charge in [0.15, 0.2) is 5.58 Å². The molecule has 0 saturated carbocycles. The predicted molar refractivity (Wildman–Crippen MR) is 164 cm³/mol. The molecule has 8 aromatic rings. The van der Waals surface area contributed by atoms with Crippen molar-refractivity contribution in [2.45, 2.75) is 0 Å². The zero-order valence-corrected chi connectivity index (χ0v) is 21.9. The number of aromatic nitrogens is 4. The molecule has 0 aliphatic rings. The van der Waals surface area contributed by atoms with Crippen LogP contribution >= 0.6 is 0 Å². The lowest BCUT2D eigenvalue weighted by Gasteiger charge is -2.11. The van der Waals surface area contributed by atoms with E-state index in [4.69, 9.17) is 19.4 Å². The number of hydrogen-bond donors (Lipinski definition) is 0. The van der Waals surface area contributed by atoms with Crippen LogP contribution in [0.2, 0.25) is 0 Å². The standard InChI is InChI=1S/C36H22N4O/c1-2-8-25(9-3-1)36-40-35-32(41-36)20-19-28-33(35)27-11-4-5-12-31(27)39-34(28)24-17-15-23(16-18-24)29-13-6-14-30(38-29)26-10-7-21-37-22-26/h1-22H. The van der Waals surface area contributed by atoms with Gasteiger partial charge in [-0.2, -0.15) is 0 Å². The summed E-state index contributed by atoms with van der Waals surface area (Å²) in [5.41, 5.74) is 9.24. The SMILES string of the molecule is c1ccc(-c2nc3c(ccc4c(-c5ccc(-c6cccc(-c7cccnc7)n6)cc5)nc5ccccc5c43)o2)cc1. The molecule has 0 saturated heterocycles. The fourth-order valence-electron chi connectivity index (χ4n) is 5.42. The van der Waals surface area contributed by atoms with E-state index in [-0.39, 0.29) is 0 Å². The molecule has 0 aliphatic heterocycles. The van der Waals surface area contributed by atoms with Crippen LogP contribution in [0.3, 0.4) is 0 Å². The third-order valence-electron chi connectivity index (χ3n) is 7.40. The number of nitrogens with zero attached hydrogens (tertiary/aromatic N) is 4. The minimum absolute atomic E-state index is 0.612. The Hall–Kier alpha value is -5.68. The van der Waals surface area contributed by atoms with Crippen molar-refractivity contribution in [1.82, 2.24) is 19.9 Å². The second kappa shape index (κ2) is 9.50. The van der Waals surface area contributed by atoms with Crippen molar-refractivity contribution in [3.05, 3.63) is 134 Å². The molecule has 5 nitrogen and oxygen atoms in total. The van der Waals surface area contributed by atoms with Crippen molar-refractivity contribution in [1.29, 1.82) is 0 Å². The van der Waals surface area contributed by atoms with Gasteiger partial charge in [-0.1, -0.05) is 66.7 Å². The van der Waals surface area contributed by atoms with Crippen LogP contribution < -0.4 is 0 Å². The van der Waals surface area contributed by atoms with Crippen molar-refractivity contribution in [2.75, 3.05) is 0 Å². The normalized spacial score (nSPS) is 11.4. The van der Waals surface area contributed by atoms with E-state index in [1.807, 2.05) is 85.1 Å². The summed E-state index contributed by atoms with van der Waals surface area (Å²) in [6.07, 6.45) is 3.60. The zero-order valence-electron chi connectivity index (χ0n) is 21.9. The first-order chi connectivity index (χ1) is 20.3. The maximum atomic E-state index is 6.22. The Morgan fingerprint density at radius 3 is 2.07 bits per heavy atom. The highest BCUT2D eigenvalue weighted by atomic mass is 16.3. The van der Waals surface area contributed by atoms with Gasteiger partial charge in [0.25, 0.3) is 0 Å². The van der Waals surface area contributed by atoms with Crippen LogP contribution in [0.1, 0.15) is 0 Å². The van der Waals surface area contributed by atoms with Crippen molar-refractivity contribution >= 4 is 32.8 Å². The van der Waals surface area contributed by atoms with Crippen molar-refractivity contribution in [2.24, 2.45) is 0 Å². The summed E-state index contributed by atoms with van der Waals surface area (Å²) in [6, 6.07) is 40.8. The average molecular weight is 527 g/mol. The third kappa shape index (κ3) is 4.03. The first kappa shape index (κ1) is 23.2. The summed E-state index contributed by atoms with van der Waals surface area (Å²) in [6.45, 7) is 0. The second-order valence-corrected chi connectivity index (χ2v) is 9.92. The number of hydrogen-bond acceptors (Lipinski definition) is 5. The Kier molecular flexibility index (Phi) is 5.38. The van der Waals surface area contributed by atoms with Gasteiger partial charge in [0, 0.05) is 50.8 Å². The zero-order chi connectivity index (χ0) is 27.2. The number of fused-ring (bicyclic) bond motifs is 5. The minimum atomic E-state index is 0.612. The summed E-state index contributed by atoms with van der Waals surface area (Å²) in [4.78, 5) is 19.2. The van der Waals surface area contributed by atoms with Crippen LogP contribution in [-0.2, 0) is 0 Å². The largest absolute Gasteiger partial charge is 0.436 e. The Morgan fingerprint density at radius 1 is 0.488 bits per heavy atom. The molecular formula is C36H22N4O. The highest BCUT2D eigenvalue weighted by Gasteiger charge is 2.17. The lowest BCUT2D eigenvalue weighted by atomic mass is 9.98. The summed E-state index contributed by atoms with van der Waals surface area (Å²) in [5, 5.41) is 3.13. The molecule has 0 N–H and O–H groups in total. The molecule has 4 heterocycles. The van der Waals surface area contributed by atoms with E-state index in [0.29, 0.717) is 5.89 Å². The molecular weight excluding hydrogens is 504 g/mol. The van der Waals surface area contributed by atoms with Crippen molar-refractivity contribution in [3.8, 4) is 45.2 Å². The fraction of sp³-hybridized carbons (Fsp3) is 0. The number of pyridine rings is 3. The minimum Gasteiger partial charge on any atom is -0.436 e. The Bertz CT molecular complexity index is 2190. The Morgan fingerprint density at radius 2 is 1.24 bits per heavy atom. The molecule has 0 radical (unpaired) electrons. The molecule has 4 aromatic carbocycles. The third-order valence-corrected chi connectivity index (χ3v) is 7.40. The lowest BCUT2D eigenvalue weighted by molar-refractivity contribution is 0.620. The van der Waals surface area contributed by atoms with Gasteiger partial charge in [-0.25, -0.2) is 15.0 Å². The van der Waals surface area contributed by atoms with Gasteiger partial charge in [0.1, 0.15) is 5.52 Å². The molecule has 0 atom stereocenters. The second-order valence-electron chi connectivity index (χ2n) is 9.92. The van der Waals surface area contributed by atoms with Crippen LogP contribution in [-0.4, -0.2) is 19.9 Å². The van der Waals surface area contributed by atoms with Gasteiger partial charge in [-0.3, -0.25) is 4.98 Å². The molecule has 41 heavy (non-hydrogen) atoms. The van der Waals surface area contributed by atoms with Crippen LogP contribution in [0.25, 0.3) is 78.0 Å². The maximum absolute atomic E-state index is 6.22. The molecule has 8 rings (SSSR count). The predicted octanol–water partition coefficient (Wildman–Crippen LogP) is 8.99. The van der Waals surface area contributed by atoms with E-state index in [0.717, 1.165) is 72.1 Å². The Labute approximate surface area is 235 Å². The Balaban J connectivity index is 1.27. The fourth-order valence-corrected chi connectivity index (χ4v) is 5.42. The number of oxazole rings is 1. The molecule has 0 amide bonds. The number of benzene rings is 4. The first-order valence-electron chi connectivity index (χ1n) is 13.5. The van der Waals surface area contributed by atoms with Crippen LogP contribution in [0.4, 0.5) is 0 Å². The van der Waals surface area contributed by atoms with Gasteiger partial charge in [0.05, 0.1) is 22.6 Å². The summed E-state index contributed by atoms with van der Waals surface area (Å²) in [7, 11) is 0. The van der Waals surface area contributed by atoms with Gasteiger partial charge in [-0.15, -0.1) is 0 Å². The molecule has 4 aromatic heterocycles. The van der Waals surface area contributed by atoms with E-state index >= 15 is 0 Å².